The largest absolute Gasteiger partial charge is 0.488 e. The summed E-state index contributed by atoms with van der Waals surface area (Å²) in [5, 5.41) is 0. The van der Waals surface area contributed by atoms with Crippen LogP contribution in [0.25, 0.3) is 0 Å². The Labute approximate surface area is 153 Å². The van der Waals surface area contributed by atoms with Gasteiger partial charge >= 0.3 is 0 Å². The number of nitrogens with zero attached hydrogens (tertiary/aromatic N) is 1. The van der Waals surface area contributed by atoms with Crippen LogP contribution in [0.5, 0.6) is 5.75 Å². The van der Waals surface area contributed by atoms with Gasteiger partial charge in [0.1, 0.15) is 12.4 Å². The molecule has 0 atom stereocenters. The van der Waals surface area contributed by atoms with Crippen molar-refractivity contribution in [2.45, 2.75) is 18.4 Å². The molecule has 3 aromatic carbocycles. The van der Waals surface area contributed by atoms with Crippen LogP contribution in [0.1, 0.15) is 16.7 Å². The molecule has 5 heteroatoms. The van der Waals surface area contributed by atoms with Gasteiger partial charge in [0.15, 0.2) is 0 Å². The molecular formula is C21H19NO3S. The highest BCUT2D eigenvalue weighted by Crippen LogP contribution is 2.19. The molecule has 0 unspecified atom stereocenters. The summed E-state index contributed by atoms with van der Waals surface area (Å²) in [4.78, 5) is 0.161. The Bertz CT molecular complexity index is 995. The minimum absolute atomic E-state index is 0.161. The number of benzene rings is 3. The maximum atomic E-state index is 12.3. The van der Waals surface area contributed by atoms with Crippen LogP contribution in [-0.2, 0) is 16.6 Å². The summed E-state index contributed by atoms with van der Waals surface area (Å²) in [7, 11) is -3.73. The molecule has 0 heterocycles. The summed E-state index contributed by atoms with van der Waals surface area (Å²) in [5.41, 5.74) is 2.84. The van der Waals surface area contributed by atoms with Gasteiger partial charge < -0.3 is 4.74 Å². The Morgan fingerprint density at radius 2 is 1.54 bits per heavy atom. The van der Waals surface area contributed by atoms with E-state index in [1.165, 1.54) is 23.9 Å². The highest BCUT2D eigenvalue weighted by Gasteiger charge is 2.11. The fourth-order valence-corrected chi connectivity index (χ4v) is 3.22. The van der Waals surface area contributed by atoms with Gasteiger partial charge in [0.05, 0.1) is 11.1 Å². The van der Waals surface area contributed by atoms with E-state index in [2.05, 4.69) is 4.40 Å². The number of aryl methyl sites for hydroxylation is 1. The van der Waals surface area contributed by atoms with Crippen molar-refractivity contribution in [1.82, 2.24) is 0 Å². The predicted octanol–water partition coefficient (Wildman–Crippen LogP) is 4.38. The second-order valence-electron chi connectivity index (χ2n) is 5.83. The molecule has 4 nitrogen and oxygen atoms in total. The van der Waals surface area contributed by atoms with Crippen molar-refractivity contribution in [3.8, 4) is 5.75 Å². The summed E-state index contributed by atoms with van der Waals surface area (Å²) < 4.78 is 34.2. The summed E-state index contributed by atoms with van der Waals surface area (Å²) in [5.74, 6) is 0.583. The van der Waals surface area contributed by atoms with Gasteiger partial charge in [-0.2, -0.15) is 12.8 Å². The van der Waals surface area contributed by atoms with E-state index < -0.39 is 10.0 Å². The average Bonchev–Trinajstić information content (AvgIpc) is 2.67. The second kappa shape index (κ2) is 7.97. The summed E-state index contributed by atoms with van der Waals surface area (Å²) in [6, 6.07) is 23.4. The SMILES string of the molecule is Cc1ccc(COc2ccccc2/C=N\S(=O)(=O)c2ccccc2)cc1. The van der Waals surface area contributed by atoms with Crippen molar-refractivity contribution in [1.29, 1.82) is 0 Å². The lowest BCUT2D eigenvalue weighted by molar-refractivity contribution is 0.306. The number of ether oxygens (including phenoxy) is 1. The molecule has 0 aromatic heterocycles. The van der Waals surface area contributed by atoms with E-state index in [1.807, 2.05) is 43.3 Å². The van der Waals surface area contributed by atoms with Crippen LogP contribution in [0.3, 0.4) is 0 Å². The van der Waals surface area contributed by atoms with E-state index >= 15 is 0 Å². The molecule has 0 saturated heterocycles. The molecule has 0 bridgehead atoms. The van der Waals surface area contributed by atoms with Gasteiger partial charge in [-0.3, -0.25) is 0 Å². The average molecular weight is 365 g/mol. The smallest absolute Gasteiger partial charge is 0.282 e. The molecule has 0 aliphatic carbocycles. The number of rotatable bonds is 6. The normalized spacial score (nSPS) is 11.6. The fourth-order valence-electron chi connectivity index (χ4n) is 2.34. The van der Waals surface area contributed by atoms with Crippen LogP contribution < -0.4 is 4.74 Å². The number of sulfonamides is 1. The topological polar surface area (TPSA) is 55.7 Å². The third-order valence-corrected chi connectivity index (χ3v) is 5.06. The Kier molecular flexibility index (Phi) is 5.49. The van der Waals surface area contributed by atoms with Crippen molar-refractivity contribution >= 4 is 16.2 Å². The first-order valence-electron chi connectivity index (χ1n) is 8.17. The Morgan fingerprint density at radius 3 is 2.27 bits per heavy atom. The molecule has 0 amide bonds. The molecule has 3 rings (SSSR count). The Hall–Kier alpha value is -2.92. The van der Waals surface area contributed by atoms with E-state index in [-0.39, 0.29) is 4.90 Å². The zero-order valence-electron chi connectivity index (χ0n) is 14.4. The molecule has 0 radical (unpaired) electrons. The van der Waals surface area contributed by atoms with Gasteiger partial charge in [0, 0.05) is 5.56 Å². The van der Waals surface area contributed by atoms with Crippen molar-refractivity contribution in [2.75, 3.05) is 0 Å². The minimum atomic E-state index is -3.73. The van der Waals surface area contributed by atoms with Crippen LogP contribution in [-0.4, -0.2) is 14.6 Å². The van der Waals surface area contributed by atoms with E-state index in [1.54, 1.807) is 30.3 Å². The van der Waals surface area contributed by atoms with Gasteiger partial charge in [-0.15, -0.1) is 0 Å². The number of para-hydroxylation sites is 1. The summed E-state index contributed by atoms with van der Waals surface area (Å²) >= 11 is 0. The lowest BCUT2D eigenvalue weighted by atomic mass is 10.1. The lowest BCUT2D eigenvalue weighted by Crippen LogP contribution is -2.00. The van der Waals surface area contributed by atoms with Crippen LogP contribution in [0.15, 0.2) is 88.2 Å². The maximum Gasteiger partial charge on any atom is 0.282 e. The van der Waals surface area contributed by atoms with Crippen LogP contribution in [0.2, 0.25) is 0 Å². The maximum absolute atomic E-state index is 12.3. The van der Waals surface area contributed by atoms with E-state index in [0.29, 0.717) is 17.9 Å². The molecule has 132 valence electrons. The van der Waals surface area contributed by atoms with Gasteiger partial charge in [-0.25, -0.2) is 0 Å². The Balaban J connectivity index is 1.78. The molecule has 3 aromatic rings. The van der Waals surface area contributed by atoms with E-state index in [9.17, 15) is 8.42 Å². The zero-order valence-corrected chi connectivity index (χ0v) is 15.2. The lowest BCUT2D eigenvalue weighted by Gasteiger charge is -2.09. The first kappa shape index (κ1) is 17.9. The first-order chi connectivity index (χ1) is 12.5. The minimum Gasteiger partial charge on any atom is -0.488 e. The highest BCUT2D eigenvalue weighted by atomic mass is 32.2. The standard InChI is InChI=1S/C21H19NO3S/c1-17-11-13-18(14-12-17)16-25-21-10-6-5-7-19(21)15-22-26(23,24)20-8-3-2-4-9-20/h2-15H,16H2,1H3/b22-15-. The van der Waals surface area contributed by atoms with Crippen LogP contribution in [0, 0.1) is 6.92 Å². The van der Waals surface area contributed by atoms with Crippen LogP contribution in [0.4, 0.5) is 0 Å². The van der Waals surface area contributed by atoms with Gasteiger partial charge in [0.2, 0.25) is 0 Å². The molecule has 0 spiro atoms. The molecule has 0 saturated carbocycles. The van der Waals surface area contributed by atoms with Gasteiger partial charge in [-0.05, 0) is 36.8 Å². The van der Waals surface area contributed by atoms with Crippen molar-refractivity contribution in [3.63, 3.8) is 0 Å². The number of hydrogen-bond donors (Lipinski definition) is 0. The van der Waals surface area contributed by atoms with Crippen molar-refractivity contribution in [3.05, 3.63) is 95.6 Å². The third-order valence-electron chi connectivity index (χ3n) is 3.81. The van der Waals surface area contributed by atoms with E-state index in [4.69, 9.17) is 4.74 Å². The Morgan fingerprint density at radius 1 is 0.885 bits per heavy atom. The molecular weight excluding hydrogens is 346 g/mol. The molecule has 0 aliphatic heterocycles. The van der Waals surface area contributed by atoms with Crippen molar-refractivity contribution in [2.24, 2.45) is 4.40 Å². The molecule has 0 fully saturated rings. The van der Waals surface area contributed by atoms with Gasteiger partial charge in [-0.1, -0.05) is 60.2 Å². The summed E-state index contributed by atoms with van der Waals surface area (Å²) in [6.45, 7) is 2.43. The van der Waals surface area contributed by atoms with Gasteiger partial charge in [0.25, 0.3) is 10.0 Å². The second-order valence-corrected chi connectivity index (χ2v) is 7.47. The quantitative estimate of drug-likeness (QED) is 0.609. The molecule has 0 aliphatic rings. The fraction of sp³-hybridized carbons (Fsp3) is 0.0952. The third kappa shape index (κ3) is 4.58. The van der Waals surface area contributed by atoms with Crippen LogP contribution >= 0.6 is 0 Å². The monoisotopic (exact) mass is 365 g/mol. The highest BCUT2D eigenvalue weighted by molar-refractivity contribution is 7.90. The van der Waals surface area contributed by atoms with Crippen molar-refractivity contribution < 1.29 is 13.2 Å². The first-order valence-corrected chi connectivity index (χ1v) is 9.61. The summed E-state index contributed by atoms with van der Waals surface area (Å²) in [6.07, 6.45) is 1.33. The zero-order chi connectivity index (χ0) is 18.4. The predicted molar refractivity (Wildman–Crippen MR) is 103 cm³/mol. The molecule has 0 N–H and O–H groups in total. The number of hydrogen-bond acceptors (Lipinski definition) is 3. The van der Waals surface area contributed by atoms with E-state index in [0.717, 1.165) is 5.56 Å². The molecule has 26 heavy (non-hydrogen) atoms.